The molecule has 5 heteroatoms. The van der Waals surface area contributed by atoms with Crippen LogP contribution < -0.4 is 9.73 Å². The van der Waals surface area contributed by atoms with Gasteiger partial charge >= 0.3 is 0 Å². The monoisotopic (exact) mass is 373 g/mol. The molecular formula is C22H16FN3S. The van der Waals surface area contributed by atoms with Gasteiger partial charge in [-0.05, 0) is 48.5 Å². The van der Waals surface area contributed by atoms with Gasteiger partial charge in [0.05, 0.1) is 0 Å². The van der Waals surface area contributed by atoms with E-state index in [-0.39, 0.29) is 5.82 Å². The van der Waals surface area contributed by atoms with Gasteiger partial charge in [0, 0.05) is 27.2 Å². The van der Waals surface area contributed by atoms with Crippen LogP contribution in [0.1, 0.15) is 5.56 Å². The van der Waals surface area contributed by atoms with Crippen LogP contribution in [0.3, 0.4) is 0 Å². The van der Waals surface area contributed by atoms with Crippen LogP contribution in [-0.2, 0) is 0 Å². The van der Waals surface area contributed by atoms with Crippen LogP contribution in [0.5, 0.6) is 0 Å². The van der Waals surface area contributed by atoms with Crippen molar-refractivity contribution in [3.05, 3.63) is 90.2 Å². The molecule has 3 aromatic carbocycles. The first-order chi connectivity index (χ1) is 13.2. The minimum Gasteiger partial charge on any atom is -0.216 e. The van der Waals surface area contributed by atoms with Crippen LogP contribution >= 0.6 is 11.8 Å². The first kappa shape index (κ1) is 16.1. The van der Waals surface area contributed by atoms with Gasteiger partial charge in [0.2, 0.25) is 0 Å². The van der Waals surface area contributed by atoms with E-state index >= 15 is 0 Å². The van der Waals surface area contributed by atoms with Crippen molar-refractivity contribution in [3.8, 4) is 11.3 Å². The highest BCUT2D eigenvalue weighted by molar-refractivity contribution is 7.99. The average molecular weight is 373 g/mol. The van der Waals surface area contributed by atoms with E-state index in [1.54, 1.807) is 11.8 Å². The van der Waals surface area contributed by atoms with E-state index in [0.717, 1.165) is 37.8 Å². The maximum Gasteiger partial charge on any atom is 0.268 e. The van der Waals surface area contributed by atoms with Crippen molar-refractivity contribution in [2.45, 2.75) is 16.8 Å². The number of benzene rings is 3. The predicted molar refractivity (Wildman–Crippen MR) is 105 cm³/mol. The highest BCUT2D eigenvalue weighted by atomic mass is 32.2. The Labute approximate surface area is 160 Å². The zero-order valence-corrected chi connectivity index (χ0v) is 15.4. The molecule has 0 unspecified atom stereocenters. The van der Waals surface area contributed by atoms with E-state index in [0.29, 0.717) is 0 Å². The van der Waals surface area contributed by atoms with E-state index in [1.165, 1.54) is 12.1 Å². The lowest BCUT2D eigenvalue weighted by Gasteiger charge is -2.04. The van der Waals surface area contributed by atoms with Crippen molar-refractivity contribution < 1.29 is 9.02 Å². The summed E-state index contributed by atoms with van der Waals surface area (Å²) in [5.41, 5.74) is 5.07. The molecule has 0 saturated heterocycles. The summed E-state index contributed by atoms with van der Waals surface area (Å²) in [6, 6.07) is 25.0. The molecule has 132 valence electrons. The van der Waals surface area contributed by atoms with Crippen LogP contribution in [0, 0.1) is 12.7 Å². The quantitative estimate of drug-likeness (QED) is 0.420. The predicted octanol–water partition coefficient (Wildman–Crippen LogP) is 4.90. The molecule has 5 rings (SSSR count). The zero-order valence-electron chi connectivity index (χ0n) is 14.6. The number of rotatable bonds is 3. The normalized spacial score (nSPS) is 11.5. The van der Waals surface area contributed by atoms with Gasteiger partial charge < -0.3 is 0 Å². The molecule has 27 heavy (non-hydrogen) atoms. The minimum absolute atomic E-state index is 0.235. The Morgan fingerprint density at radius 1 is 0.889 bits per heavy atom. The summed E-state index contributed by atoms with van der Waals surface area (Å²) in [4.78, 5) is 1.15. The molecule has 0 bridgehead atoms. The van der Waals surface area contributed by atoms with Crippen LogP contribution in [0.15, 0.2) is 88.8 Å². The largest absolute Gasteiger partial charge is 0.268 e. The van der Waals surface area contributed by atoms with E-state index in [9.17, 15) is 4.39 Å². The average Bonchev–Trinajstić information content (AvgIpc) is 3.19. The van der Waals surface area contributed by atoms with Gasteiger partial charge in [-0.3, -0.25) is 0 Å². The Bertz CT molecular complexity index is 1250. The summed E-state index contributed by atoms with van der Waals surface area (Å²) in [7, 11) is 0. The molecule has 0 aliphatic rings. The van der Waals surface area contributed by atoms with Gasteiger partial charge in [-0.15, -0.1) is 4.63 Å². The molecule has 5 aromatic rings. The molecule has 0 amide bonds. The maximum absolute atomic E-state index is 13.5. The highest BCUT2D eigenvalue weighted by Crippen LogP contribution is 2.34. The second-order valence-corrected chi connectivity index (χ2v) is 7.45. The fourth-order valence-electron chi connectivity index (χ4n) is 3.40. The summed E-state index contributed by atoms with van der Waals surface area (Å²) in [6.07, 6.45) is 0. The molecule has 0 fully saturated rings. The fourth-order valence-corrected chi connectivity index (χ4v) is 4.37. The van der Waals surface area contributed by atoms with Crippen LogP contribution in [0.25, 0.3) is 22.3 Å². The summed E-state index contributed by atoms with van der Waals surface area (Å²) >= 11 is 1.68. The first-order valence-corrected chi connectivity index (χ1v) is 9.52. The Balaban J connectivity index is 1.82. The molecule has 0 aliphatic carbocycles. The van der Waals surface area contributed by atoms with Crippen LogP contribution in [0.2, 0.25) is 0 Å². The third kappa shape index (κ3) is 2.62. The third-order valence-corrected chi connectivity index (χ3v) is 5.82. The topological polar surface area (TPSA) is 22.6 Å². The molecule has 0 spiro atoms. The minimum atomic E-state index is -0.235. The number of hydrogen-bond donors (Lipinski definition) is 0. The lowest BCUT2D eigenvalue weighted by Crippen LogP contribution is -2.32. The van der Waals surface area contributed by atoms with Gasteiger partial charge in [-0.2, -0.15) is 5.10 Å². The summed E-state index contributed by atoms with van der Waals surface area (Å²) in [5, 5.41) is 5.87. The van der Waals surface area contributed by atoms with Crippen molar-refractivity contribution >= 4 is 22.8 Å². The molecule has 0 atom stereocenters. The number of fused-ring (bicyclic) bond motifs is 3. The van der Waals surface area contributed by atoms with Gasteiger partial charge in [0.1, 0.15) is 5.82 Å². The van der Waals surface area contributed by atoms with Gasteiger partial charge in [0.15, 0.2) is 0 Å². The van der Waals surface area contributed by atoms with Crippen molar-refractivity contribution in [1.29, 1.82) is 0 Å². The lowest BCUT2D eigenvalue weighted by molar-refractivity contribution is -0.708. The second kappa shape index (κ2) is 6.28. The Morgan fingerprint density at radius 3 is 2.37 bits per heavy atom. The number of para-hydroxylation sites is 1. The van der Waals surface area contributed by atoms with E-state index < -0.39 is 0 Å². The van der Waals surface area contributed by atoms with Crippen molar-refractivity contribution in [2.75, 3.05) is 0 Å². The van der Waals surface area contributed by atoms with Crippen molar-refractivity contribution in [1.82, 2.24) is 9.61 Å². The summed E-state index contributed by atoms with van der Waals surface area (Å²) < 4.78 is 17.5. The smallest absolute Gasteiger partial charge is 0.216 e. The lowest BCUT2D eigenvalue weighted by atomic mass is 10.1. The molecular weight excluding hydrogens is 357 g/mol. The second-order valence-electron chi connectivity index (χ2n) is 6.39. The standard InChI is InChI=1S/C22H16FN3S/c1-15-21(16-11-13-17(23)14-12-16)25-20-10-6-5-9-19(20)24-26(25)22(15)27-18-7-3-2-4-8-18/h2-14H,1H3. The first-order valence-electron chi connectivity index (χ1n) is 8.70. The zero-order chi connectivity index (χ0) is 18.4. The maximum atomic E-state index is 13.5. The van der Waals surface area contributed by atoms with Crippen LogP contribution in [-0.4, -0.2) is 4.52 Å². The third-order valence-electron chi connectivity index (χ3n) is 4.65. The number of halogens is 1. The number of hydrogen-bond acceptors (Lipinski definition) is 1. The van der Waals surface area contributed by atoms with Crippen molar-refractivity contribution in [3.63, 3.8) is 0 Å². The van der Waals surface area contributed by atoms with Gasteiger partial charge in [0.25, 0.3) is 5.03 Å². The fraction of sp³-hybridized carbons (Fsp3) is 0.0455. The van der Waals surface area contributed by atoms with Crippen molar-refractivity contribution in [2.24, 2.45) is 0 Å². The summed E-state index contributed by atoms with van der Waals surface area (Å²) in [5.74, 6) is -0.235. The van der Waals surface area contributed by atoms with E-state index in [2.05, 4.69) is 29.6 Å². The van der Waals surface area contributed by atoms with E-state index in [1.807, 2.05) is 53.2 Å². The molecule has 2 aromatic heterocycles. The number of nitrogens with zero attached hydrogens (tertiary/aromatic N) is 3. The van der Waals surface area contributed by atoms with Crippen LogP contribution in [0.4, 0.5) is 4.39 Å². The Kier molecular flexibility index (Phi) is 3.76. The summed E-state index contributed by atoms with van der Waals surface area (Å²) in [6.45, 7) is 2.10. The molecule has 0 aliphatic heterocycles. The van der Waals surface area contributed by atoms with Gasteiger partial charge in [-0.25, -0.2) is 8.91 Å². The van der Waals surface area contributed by atoms with E-state index in [4.69, 9.17) is 5.10 Å². The molecule has 3 nitrogen and oxygen atoms in total. The molecule has 0 N–H and O–H groups in total. The Hall–Kier alpha value is -3.05. The number of aromatic nitrogens is 3. The SMILES string of the molecule is Cc1c(-c2ccc(F)cc2)n2c3ccccc3[n-][n+]2c1Sc1ccccc1. The highest BCUT2D eigenvalue weighted by Gasteiger charge is 2.23. The molecule has 0 saturated carbocycles. The Morgan fingerprint density at radius 2 is 1.59 bits per heavy atom. The molecule has 0 radical (unpaired) electrons. The molecule has 2 heterocycles. The van der Waals surface area contributed by atoms with Gasteiger partial charge in [-0.1, -0.05) is 54.6 Å².